The first-order chi connectivity index (χ1) is 7.06. The van der Waals surface area contributed by atoms with E-state index in [0.717, 1.165) is 25.7 Å². The van der Waals surface area contributed by atoms with E-state index in [2.05, 4.69) is 6.58 Å². The van der Waals surface area contributed by atoms with Gasteiger partial charge in [0.2, 0.25) is 0 Å². The molecule has 0 radical (unpaired) electrons. The minimum absolute atomic E-state index is 0.122. The standard InChI is InChI=1S/C11H13ClF2O/c1-7-4-5-8-3-2-6-11(8,15-7)9(12)10(13)14/h8H,1-6H2/t8?,11-/m0/s1. The Morgan fingerprint density at radius 1 is 1.47 bits per heavy atom. The second kappa shape index (κ2) is 3.78. The number of hydrogen-bond acceptors (Lipinski definition) is 1. The Balaban J connectivity index is 2.37. The summed E-state index contributed by atoms with van der Waals surface area (Å²) >= 11 is 5.72. The van der Waals surface area contributed by atoms with Crippen molar-refractivity contribution in [2.45, 2.75) is 37.7 Å². The summed E-state index contributed by atoms with van der Waals surface area (Å²) in [5.74, 6) is 0.699. The van der Waals surface area contributed by atoms with E-state index in [9.17, 15) is 8.78 Å². The highest BCUT2D eigenvalue weighted by Gasteiger charge is 2.51. The van der Waals surface area contributed by atoms with Gasteiger partial charge < -0.3 is 4.74 Å². The van der Waals surface area contributed by atoms with Crippen molar-refractivity contribution in [2.24, 2.45) is 5.92 Å². The SMILES string of the molecule is C=C1CCC2CCC[C@]2(C(Cl)=C(F)F)O1. The van der Waals surface area contributed by atoms with Gasteiger partial charge in [-0.1, -0.05) is 18.2 Å². The lowest BCUT2D eigenvalue weighted by Gasteiger charge is -2.40. The van der Waals surface area contributed by atoms with Crippen LogP contribution in [0.15, 0.2) is 23.5 Å². The molecule has 4 heteroatoms. The van der Waals surface area contributed by atoms with Crippen molar-refractivity contribution in [1.29, 1.82) is 0 Å². The molecule has 84 valence electrons. The van der Waals surface area contributed by atoms with Crippen LogP contribution >= 0.6 is 11.6 Å². The molecule has 0 bridgehead atoms. The summed E-state index contributed by atoms with van der Waals surface area (Å²) < 4.78 is 30.8. The van der Waals surface area contributed by atoms with Crippen molar-refractivity contribution < 1.29 is 13.5 Å². The van der Waals surface area contributed by atoms with Crippen molar-refractivity contribution in [3.8, 4) is 0 Å². The summed E-state index contributed by atoms with van der Waals surface area (Å²) in [6.45, 7) is 3.71. The molecular formula is C11H13ClF2O. The molecule has 1 aliphatic heterocycles. The largest absolute Gasteiger partial charge is 0.486 e. The van der Waals surface area contributed by atoms with Crippen LogP contribution < -0.4 is 0 Å². The van der Waals surface area contributed by atoms with Gasteiger partial charge in [-0.3, -0.25) is 0 Å². The molecule has 15 heavy (non-hydrogen) atoms. The fourth-order valence-electron chi connectivity index (χ4n) is 2.70. The third-order valence-electron chi connectivity index (χ3n) is 3.40. The molecule has 1 unspecified atom stereocenters. The summed E-state index contributed by atoms with van der Waals surface area (Å²) in [6.07, 6.45) is 2.16. The number of ether oxygens (including phenoxy) is 1. The minimum Gasteiger partial charge on any atom is -0.486 e. The first kappa shape index (κ1) is 10.9. The summed E-state index contributed by atoms with van der Waals surface area (Å²) in [7, 11) is 0. The molecule has 2 aliphatic rings. The Morgan fingerprint density at radius 3 is 2.87 bits per heavy atom. The van der Waals surface area contributed by atoms with E-state index in [4.69, 9.17) is 16.3 Å². The van der Waals surface area contributed by atoms with Gasteiger partial charge in [0, 0.05) is 12.3 Å². The quantitative estimate of drug-likeness (QED) is 0.661. The Labute approximate surface area is 92.7 Å². The smallest absolute Gasteiger partial charge is 0.288 e. The van der Waals surface area contributed by atoms with Gasteiger partial charge in [0.1, 0.15) is 5.03 Å². The summed E-state index contributed by atoms with van der Waals surface area (Å²) in [4.78, 5) is 0. The molecule has 0 spiro atoms. The Kier molecular flexibility index (Phi) is 2.75. The predicted octanol–water partition coefficient (Wildman–Crippen LogP) is 4.20. The van der Waals surface area contributed by atoms with E-state index in [0.29, 0.717) is 12.2 Å². The molecule has 2 rings (SSSR count). The molecule has 1 aliphatic carbocycles. The molecule has 0 aromatic heterocycles. The maximum atomic E-state index is 12.6. The Bertz CT molecular complexity index is 323. The highest BCUT2D eigenvalue weighted by atomic mass is 35.5. The first-order valence-corrected chi connectivity index (χ1v) is 5.52. The Hall–Kier alpha value is -0.570. The van der Waals surface area contributed by atoms with E-state index in [1.165, 1.54) is 0 Å². The van der Waals surface area contributed by atoms with Crippen LogP contribution in [0.5, 0.6) is 0 Å². The van der Waals surface area contributed by atoms with Gasteiger partial charge in [0.05, 0.1) is 5.76 Å². The van der Waals surface area contributed by atoms with E-state index in [1.54, 1.807) is 0 Å². The molecule has 2 atom stereocenters. The Morgan fingerprint density at radius 2 is 2.20 bits per heavy atom. The van der Waals surface area contributed by atoms with Crippen molar-refractivity contribution >= 4 is 11.6 Å². The van der Waals surface area contributed by atoms with Gasteiger partial charge in [-0.25, -0.2) is 0 Å². The zero-order chi connectivity index (χ0) is 11.1. The summed E-state index contributed by atoms with van der Waals surface area (Å²) in [5, 5.41) is -0.411. The number of rotatable bonds is 1. The van der Waals surface area contributed by atoms with Crippen LogP contribution in [0.3, 0.4) is 0 Å². The normalized spacial score (nSPS) is 34.6. The summed E-state index contributed by atoms with van der Waals surface area (Å²) in [6, 6.07) is 0. The van der Waals surface area contributed by atoms with Crippen molar-refractivity contribution in [1.82, 2.24) is 0 Å². The minimum atomic E-state index is -1.82. The molecule has 0 amide bonds. The van der Waals surface area contributed by atoms with E-state index in [1.807, 2.05) is 0 Å². The molecule has 2 fully saturated rings. The van der Waals surface area contributed by atoms with Crippen LogP contribution in [-0.4, -0.2) is 5.60 Å². The predicted molar refractivity (Wildman–Crippen MR) is 54.6 cm³/mol. The molecule has 1 saturated heterocycles. The van der Waals surface area contributed by atoms with Gasteiger partial charge in [-0.2, -0.15) is 8.78 Å². The van der Waals surface area contributed by atoms with Crippen LogP contribution in [0, 0.1) is 5.92 Å². The zero-order valence-corrected chi connectivity index (χ0v) is 9.12. The molecular weight excluding hydrogens is 222 g/mol. The monoisotopic (exact) mass is 234 g/mol. The van der Waals surface area contributed by atoms with Crippen LogP contribution in [0.1, 0.15) is 32.1 Å². The third-order valence-corrected chi connectivity index (χ3v) is 3.86. The topological polar surface area (TPSA) is 9.23 Å². The highest BCUT2D eigenvalue weighted by Crippen LogP contribution is 2.52. The van der Waals surface area contributed by atoms with Crippen molar-refractivity contribution in [3.63, 3.8) is 0 Å². The van der Waals surface area contributed by atoms with Crippen LogP contribution in [0.4, 0.5) is 8.78 Å². The van der Waals surface area contributed by atoms with E-state index < -0.39 is 16.7 Å². The van der Waals surface area contributed by atoms with Crippen molar-refractivity contribution in [2.75, 3.05) is 0 Å². The maximum absolute atomic E-state index is 12.6. The molecule has 0 aromatic rings. The summed E-state index contributed by atoms with van der Waals surface area (Å²) in [5.41, 5.74) is -0.963. The second-order valence-electron chi connectivity index (χ2n) is 4.23. The average molecular weight is 235 g/mol. The molecule has 1 heterocycles. The van der Waals surface area contributed by atoms with Gasteiger partial charge >= 0.3 is 0 Å². The zero-order valence-electron chi connectivity index (χ0n) is 8.36. The fraction of sp³-hybridized carbons (Fsp3) is 0.636. The third kappa shape index (κ3) is 1.67. The number of fused-ring (bicyclic) bond motifs is 1. The van der Waals surface area contributed by atoms with Crippen molar-refractivity contribution in [3.05, 3.63) is 23.5 Å². The first-order valence-electron chi connectivity index (χ1n) is 5.14. The maximum Gasteiger partial charge on any atom is 0.288 e. The molecule has 1 saturated carbocycles. The number of hydrogen-bond donors (Lipinski definition) is 0. The second-order valence-corrected chi connectivity index (χ2v) is 4.61. The van der Waals surface area contributed by atoms with Crippen LogP contribution in [0.25, 0.3) is 0 Å². The van der Waals surface area contributed by atoms with Gasteiger partial charge in [0.25, 0.3) is 6.08 Å². The van der Waals surface area contributed by atoms with Crippen LogP contribution in [-0.2, 0) is 4.74 Å². The fourth-order valence-corrected chi connectivity index (χ4v) is 2.99. The number of halogens is 3. The van der Waals surface area contributed by atoms with Gasteiger partial charge in [-0.15, -0.1) is 0 Å². The molecule has 0 N–H and O–H groups in total. The molecule has 1 nitrogen and oxygen atoms in total. The average Bonchev–Trinajstić information content (AvgIpc) is 2.60. The number of allylic oxidation sites excluding steroid dienone is 1. The lowest BCUT2D eigenvalue weighted by Crippen LogP contribution is -2.40. The highest BCUT2D eigenvalue weighted by molar-refractivity contribution is 6.30. The lowest BCUT2D eigenvalue weighted by molar-refractivity contribution is -0.0278. The van der Waals surface area contributed by atoms with Gasteiger partial charge in [0.15, 0.2) is 5.60 Å². The van der Waals surface area contributed by atoms with E-state index in [-0.39, 0.29) is 5.92 Å². The van der Waals surface area contributed by atoms with Crippen LogP contribution in [0.2, 0.25) is 0 Å². The molecule has 0 aromatic carbocycles. The van der Waals surface area contributed by atoms with E-state index >= 15 is 0 Å². The van der Waals surface area contributed by atoms with Gasteiger partial charge in [-0.05, 0) is 25.7 Å². The lowest BCUT2D eigenvalue weighted by atomic mass is 9.84.